The molecule has 2 N–H and O–H groups in total. The fraction of sp³-hybridized carbons (Fsp3) is 0.312. The Morgan fingerprint density at radius 1 is 1.11 bits per heavy atom. The predicted octanol–water partition coefficient (Wildman–Crippen LogP) is 3.09. The summed E-state index contributed by atoms with van der Waals surface area (Å²) < 4.78 is 0. The number of para-hydroxylation sites is 1. The molecule has 0 spiro atoms. The van der Waals surface area contributed by atoms with Crippen LogP contribution in [0.15, 0.2) is 53.4 Å². The molecule has 1 aliphatic heterocycles. The molecule has 0 unspecified atom stereocenters. The normalized spacial score (nSPS) is 18.9. The zero-order valence-electron chi connectivity index (χ0n) is 10.9. The lowest BCUT2D eigenvalue weighted by molar-refractivity contribution is -0.114. The maximum atomic E-state index is 11.5. The van der Waals surface area contributed by atoms with Crippen LogP contribution < -0.4 is 10.6 Å². The van der Waals surface area contributed by atoms with E-state index in [1.54, 1.807) is 0 Å². The maximum Gasteiger partial charge on any atom is 0.246 e. The summed E-state index contributed by atoms with van der Waals surface area (Å²) >= 11 is 0. The first kappa shape index (κ1) is 12.0. The molecule has 0 bridgehead atoms. The van der Waals surface area contributed by atoms with E-state index >= 15 is 0 Å². The topological polar surface area (TPSA) is 46.3 Å². The van der Waals surface area contributed by atoms with Gasteiger partial charge in [-0.3, -0.25) is 4.79 Å². The predicted molar refractivity (Wildman–Crippen MR) is 76.3 cm³/mol. The van der Waals surface area contributed by atoms with Crippen LogP contribution in [0.25, 0.3) is 0 Å². The molecule has 0 radical (unpaired) electrons. The second-order valence-corrected chi connectivity index (χ2v) is 5.16. The molecule has 98 valence electrons. The second-order valence-electron chi connectivity index (χ2n) is 5.16. The van der Waals surface area contributed by atoms with E-state index in [0.717, 1.165) is 24.9 Å². The molecule has 0 saturated heterocycles. The van der Waals surface area contributed by atoms with Crippen molar-refractivity contribution in [1.29, 1.82) is 0 Å². The van der Waals surface area contributed by atoms with Crippen molar-refractivity contribution in [3.63, 3.8) is 0 Å². The quantitative estimate of drug-likeness (QED) is 0.881. The molecule has 2 aliphatic rings. The minimum absolute atomic E-state index is 0.307. The summed E-state index contributed by atoms with van der Waals surface area (Å²) in [5, 5.41) is 0. The van der Waals surface area contributed by atoms with Crippen LogP contribution in [0.4, 0.5) is 5.69 Å². The molecule has 1 aliphatic carbocycles. The number of hydrogen-bond acceptors (Lipinski definition) is 2. The minimum atomic E-state index is -0.307. The van der Waals surface area contributed by atoms with Crippen LogP contribution >= 0.6 is 0 Å². The zero-order valence-corrected chi connectivity index (χ0v) is 10.9. The summed E-state index contributed by atoms with van der Waals surface area (Å²) in [6.07, 6.45) is 7.27. The highest BCUT2D eigenvalue weighted by molar-refractivity contribution is 5.93. The van der Waals surface area contributed by atoms with Crippen LogP contribution in [0.5, 0.6) is 0 Å². The molecule has 1 amide bonds. The molecular formula is C16H18N2O. The summed E-state index contributed by atoms with van der Waals surface area (Å²) in [4.78, 5) is 13.7. The Morgan fingerprint density at radius 2 is 1.84 bits per heavy atom. The van der Waals surface area contributed by atoms with Gasteiger partial charge in [-0.15, -0.1) is 0 Å². The van der Waals surface area contributed by atoms with Crippen LogP contribution in [0, 0.1) is 0 Å². The number of nitrogens with two attached hydrogens (primary N) is 1. The first-order valence-corrected chi connectivity index (χ1v) is 6.81. The maximum absolute atomic E-state index is 11.5. The van der Waals surface area contributed by atoms with E-state index in [1.165, 1.54) is 24.1 Å². The Balaban J connectivity index is 2.04. The van der Waals surface area contributed by atoms with Gasteiger partial charge < -0.3 is 10.6 Å². The number of carbonyl (C=O) groups excluding carboxylic acids is 1. The van der Waals surface area contributed by atoms with E-state index in [2.05, 4.69) is 17.0 Å². The molecular weight excluding hydrogens is 236 g/mol. The van der Waals surface area contributed by atoms with Gasteiger partial charge in [0.15, 0.2) is 0 Å². The summed E-state index contributed by atoms with van der Waals surface area (Å²) in [5.41, 5.74) is 10.0. The third-order valence-corrected chi connectivity index (χ3v) is 3.88. The summed E-state index contributed by atoms with van der Waals surface area (Å²) in [7, 11) is 0. The van der Waals surface area contributed by atoms with Crippen LogP contribution in [0.1, 0.15) is 32.1 Å². The molecule has 0 fully saturated rings. The van der Waals surface area contributed by atoms with E-state index in [-0.39, 0.29) is 5.91 Å². The lowest BCUT2D eigenvalue weighted by Gasteiger charge is -2.34. The third-order valence-electron chi connectivity index (χ3n) is 3.88. The van der Waals surface area contributed by atoms with Gasteiger partial charge >= 0.3 is 0 Å². The van der Waals surface area contributed by atoms with Gasteiger partial charge in [-0.2, -0.15) is 0 Å². The van der Waals surface area contributed by atoms with Crippen molar-refractivity contribution >= 4 is 11.6 Å². The van der Waals surface area contributed by atoms with E-state index in [0.29, 0.717) is 5.57 Å². The van der Waals surface area contributed by atoms with Crippen LogP contribution in [0.3, 0.4) is 0 Å². The van der Waals surface area contributed by atoms with Gasteiger partial charge in [-0.05, 0) is 43.4 Å². The van der Waals surface area contributed by atoms with Crippen molar-refractivity contribution in [3.8, 4) is 0 Å². The molecule has 0 atom stereocenters. The molecule has 3 heteroatoms. The number of carbonyl (C=O) groups is 1. The summed E-state index contributed by atoms with van der Waals surface area (Å²) in [5.74, 6) is -0.307. The van der Waals surface area contributed by atoms with Gasteiger partial charge in [0.25, 0.3) is 0 Å². The number of benzene rings is 1. The van der Waals surface area contributed by atoms with E-state index in [9.17, 15) is 4.79 Å². The first-order valence-electron chi connectivity index (χ1n) is 6.81. The third kappa shape index (κ3) is 2.28. The van der Waals surface area contributed by atoms with Gasteiger partial charge in [0.2, 0.25) is 5.91 Å². The van der Waals surface area contributed by atoms with E-state index < -0.39 is 0 Å². The van der Waals surface area contributed by atoms with Gasteiger partial charge in [0, 0.05) is 29.6 Å². The number of anilines is 1. The second kappa shape index (κ2) is 4.92. The highest BCUT2D eigenvalue weighted by Crippen LogP contribution is 2.37. The Hall–Kier alpha value is -2.03. The molecule has 3 nitrogen and oxygen atoms in total. The van der Waals surface area contributed by atoms with Crippen molar-refractivity contribution in [3.05, 3.63) is 53.4 Å². The Morgan fingerprint density at radius 3 is 2.58 bits per heavy atom. The fourth-order valence-corrected chi connectivity index (χ4v) is 2.91. The monoisotopic (exact) mass is 254 g/mol. The van der Waals surface area contributed by atoms with Crippen LogP contribution in [-0.2, 0) is 4.79 Å². The van der Waals surface area contributed by atoms with Crippen molar-refractivity contribution in [2.75, 3.05) is 4.90 Å². The Labute approximate surface area is 113 Å². The van der Waals surface area contributed by atoms with Crippen molar-refractivity contribution < 1.29 is 4.79 Å². The van der Waals surface area contributed by atoms with E-state index in [1.807, 2.05) is 24.4 Å². The number of amides is 1. The van der Waals surface area contributed by atoms with Crippen LogP contribution in [0.2, 0.25) is 0 Å². The smallest absolute Gasteiger partial charge is 0.246 e. The summed E-state index contributed by atoms with van der Waals surface area (Å²) in [6.45, 7) is 0. The average Bonchev–Trinajstić information content (AvgIpc) is 2.47. The van der Waals surface area contributed by atoms with Gasteiger partial charge in [-0.1, -0.05) is 18.2 Å². The molecule has 19 heavy (non-hydrogen) atoms. The van der Waals surface area contributed by atoms with Crippen molar-refractivity contribution in [2.24, 2.45) is 5.73 Å². The number of primary amides is 1. The number of nitrogens with zero attached hydrogens (tertiary/aromatic N) is 1. The molecule has 3 rings (SSSR count). The first-order chi connectivity index (χ1) is 9.25. The van der Waals surface area contributed by atoms with Gasteiger partial charge in [0.1, 0.15) is 0 Å². The molecule has 0 saturated carbocycles. The number of hydrogen-bond donors (Lipinski definition) is 1. The van der Waals surface area contributed by atoms with Gasteiger partial charge in [0.05, 0.1) is 0 Å². The van der Waals surface area contributed by atoms with E-state index in [4.69, 9.17) is 5.73 Å². The molecule has 1 aromatic rings. The molecule has 1 aromatic carbocycles. The van der Waals surface area contributed by atoms with Gasteiger partial charge in [-0.25, -0.2) is 0 Å². The van der Waals surface area contributed by atoms with Crippen molar-refractivity contribution in [1.82, 2.24) is 0 Å². The molecule has 0 aromatic heterocycles. The Bertz CT molecular complexity index is 557. The lowest BCUT2D eigenvalue weighted by atomic mass is 9.88. The zero-order chi connectivity index (χ0) is 13.2. The fourth-order valence-electron chi connectivity index (χ4n) is 2.91. The highest BCUT2D eigenvalue weighted by atomic mass is 16.1. The minimum Gasteiger partial charge on any atom is -0.366 e. The SMILES string of the molecule is NC(=O)C1=CN(c2ccccc2)C2=C(CCCC2)C1. The molecule has 1 heterocycles. The van der Waals surface area contributed by atoms with Crippen molar-refractivity contribution in [2.45, 2.75) is 32.1 Å². The number of allylic oxidation sites excluding steroid dienone is 2. The van der Waals surface area contributed by atoms with Crippen LogP contribution in [-0.4, -0.2) is 5.91 Å². The summed E-state index contributed by atoms with van der Waals surface area (Å²) in [6, 6.07) is 10.2. The lowest BCUT2D eigenvalue weighted by Crippen LogP contribution is -2.28. The average molecular weight is 254 g/mol. The highest BCUT2D eigenvalue weighted by Gasteiger charge is 2.25. The largest absolute Gasteiger partial charge is 0.366 e. The Kier molecular flexibility index (Phi) is 3.11. The number of rotatable bonds is 2. The standard InChI is InChI=1S/C16H18N2O/c17-16(19)13-10-12-6-4-5-9-15(12)18(11-13)14-7-2-1-3-8-14/h1-3,7-8,11H,4-6,9-10H2,(H2,17,19).